The number of carbonyl (C=O) groups excluding carboxylic acids is 1. The van der Waals surface area contributed by atoms with E-state index in [4.69, 9.17) is 4.99 Å². The lowest BCUT2D eigenvalue weighted by Gasteiger charge is -2.21. The molecule has 0 aliphatic carbocycles. The van der Waals surface area contributed by atoms with Crippen LogP contribution in [-0.2, 0) is 13.1 Å². The van der Waals surface area contributed by atoms with E-state index in [1.165, 1.54) is 0 Å². The van der Waals surface area contributed by atoms with Crippen LogP contribution < -0.4 is 5.32 Å². The molecule has 0 saturated carbocycles. The zero-order valence-corrected chi connectivity index (χ0v) is 16.9. The van der Waals surface area contributed by atoms with E-state index in [2.05, 4.69) is 27.5 Å². The minimum atomic E-state index is 0.00618. The largest absolute Gasteiger partial charge is 0.357 e. The van der Waals surface area contributed by atoms with Crippen LogP contribution in [-0.4, -0.2) is 54.3 Å². The number of amides is 1. The van der Waals surface area contributed by atoms with Crippen molar-refractivity contribution in [2.45, 2.75) is 26.9 Å². The Morgan fingerprint density at radius 2 is 1.92 bits per heavy atom. The fourth-order valence-corrected chi connectivity index (χ4v) is 3.05. The Hall–Kier alpha value is -2.41. The molecule has 0 saturated heterocycles. The van der Waals surface area contributed by atoms with Crippen LogP contribution in [0.2, 0.25) is 0 Å². The first-order chi connectivity index (χ1) is 12.4. The fraction of sp³-hybridized carbons (Fsp3) is 0.421. The van der Waals surface area contributed by atoms with Gasteiger partial charge in [-0.05, 0) is 31.5 Å². The van der Waals surface area contributed by atoms with Crippen LogP contribution in [0.5, 0.6) is 0 Å². The normalized spacial score (nSPS) is 11.3. The van der Waals surface area contributed by atoms with Gasteiger partial charge in [-0.3, -0.25) is 4.79 Å². The van der Waals surface area contributed by atoms with Crippen molar-refractivity contribution in [3.8, 4) is 0 Å². The Labute approximate surface area is 159 Å². The molecule has 1 aromatic heterocycles. The Balaban J connectivity index is 2.04. The number of aliphatic imine (C=N–C) groups is 1. The molecule has 26 heavy (non-hydrogen) atoms. The molecule has 7 heteroatoms. The molecular weight excluding hydrogens is 346 g/mol. The highest BCUT2D eigenvalue weighted by Gasteiger charge is 2.09. The highest BCUT2D eigenvalue weighted by Crippen LogP contribution is 2.11. The number of nitrogens with zero attached hydrogens (tertiary/aromatic N) is 4. The highest BCUT2D eigenvalue weighted by atomic mass is 32.1. The molecule has 2 aromatic rings. The highest BCUT2D eigenvalue weighted by molar-refractivity contribution is 7.09. The summed E-state index contributed by atoms with van der Waals surface area (Å²) in [7, 11) is 5.51. The van der Waals surface area contributed by atoms with Gasteiger partial charge >= 0.3 is 0 Å². The van der Waals surface area contributed by atoms with Crippen LogP contribution in [0, 0.1) is 6.92 Å². The van der Waals surface area contributed by atoms with Gasteiger partial charge in [0.05, 0.1) is 23.8 Å². The first kappa shape index (κ1) is 19.9. The lowest BCUT2D eigenvalue weighted by Crippen LogP contribution is -2.38. The number of nitrogens with one attached hydrogen (secondary N) is 1. The number of hydrogen-bond donors (Lipinski definition) is 1. The van der Waals surface area contributed by atoms with Crippen LogP contribution in [0.3, 0.4) is 0 Å². The third-order valence-electron chi connectivity index (χ3n) is 3.78. The number of aromatic nitrogens is 1. The number of aryl methyl sites for hydroxylation is 1. The van der Waals surface area contributed by atoms with Crippen molar-refractivity contribution in [3.63, 3.8) is 0 Å². The van der Waals surface area contributed by atoms with Crippen molar-refractivity contribution in [1.82, 2.24) is 20.1 Å². The summed E-state index contributed by atoms with van der Waals surface area (Å²) in [4.78, 5) is 24.8. The van der Waals surface area contributed by atoms with Crippen LogP contribution in [0.25, 0.3) is 0 Å². The fourth-order valence-electron chi connectivity index (χ4n) is 2.45. The summed E-state index contributed by atoms with van der Waals surface area (Å²) in [6, 6.07) is 7.60. The summed E-state index contributed by atoms with van der Waals surface area (Å²) in [5.74, 6) is 0.846. The van der Waals surface area contributed by atoms with E-state index >= 15 is 0 Å². The SMILES string of the molecule is CCNC(=NCc1ccc(C(=O)N(C)C)cc1)N(C)Cc1csc(C)n1. The molecule has 0 aliphatic heterocycles. The molecule has 0 aliphatic rings. The van der Waals surface area contributed by atoms with E-state index in [1.807, 2.05) is 38.2 Å². The summed E-state index contributed by atoms with van der Waals surface area (Å²) in [6.07, 6.45) is 0. The zero-order chi connectivity index (χ0) is 19.1. The lowest BCUT2D eigenvalue weighted by atomic mass is 10.1. The van der Waals surface area contributed by atoms with Gasteiger partial charge in [-0.1, -0.05) is 12.1 Å². The molecule has 0 unspecified atom stereocenters. The van der Waals surface area contributed by atoms with E-state index in [9.17, 15) is 4.79 Å². The zero-order valence-electron chi connectivity index (χ0n) is 16.1. The van der Waals surface area contributed by atoms with Gasteiger partial charge in [-0.2, -0.15) is 0 Å². The average molecular weight is 374 g/mol. The minimum absolute atomic E-state index is 0.00618. The second-order valence-electron chi connectivity index (χ2n) is 6.28. The van der Waals surface area contributed by atoms with E-state index in [-0.39, 0.29) is 5.91 Å². The molecule has 0 atom stereocenters. The Kier molecular flexibility index (Phi) is 7.15. The van der Waals surface area contributed by atoms with Crippen molar-refractivity contribution in [2.24, 2.45) is 4.99 Å². The molecule has 0 spiro atoms. The van der Waals surface area contributed by atoms with Gasteiger partial charge in [-0.15, -0.1) is 11.3 Å². The first-order valence-electron chi connectivity index (χ1n) is 8.61. The third kappa shape index (κ3) is 5.56. The quantitative estimate of drug-likeness (QED) is 0.625. The smallest absolute Gasteiger partial charge is 0.253 e. The van der Waals surface area contributed by atoms with Gasteiger partial charge in [0.25, 0.3) is 5.91 Å². The number of guanidine groups is 1. The van der Waals surface area contributed by atoms with Crippen LogP contribution >= 0.6 is 11.3 Å². The predicted molar refractivity (Wildman–Crippen MR) is 108 cm³/mol. The van der Waals surface area contributed by atoms with Crippen LogP contribution in [0.4, 0.5) is 0 Å². The number of hydrogen-bond acceptors (Lipinski definition) is 4. The maximum atomic E-state index is 11.9. The third-order valence-corrected chi connectivity index (χ3v) is 4.60. The monoisotopic (exact) mass is 373 g/mol. The maximum absolute atomic E-state index is 11.9. The standard InChI is InChI=1S/C19H27N5OS/c1-6-20-19(24(5)12-17-13-26-14(2)22-17)21-11-15-7-9-16(10-8-15)18(25)23(3)4/h7-10,13H,6,11-12H2,1-5H3,(H,20,21). The summed E-state index contributed by atoms with van der Waals surface area (Å²) < 4.78 is 0. The molecule has 0 bridgehead atoms. The summed E-state index contributed by atoms with van der Waals surface area (Å²) in [6.45, 7) is 6.14. The second-order valence-corrected chi connectivity index (χ2v) is 7.34. The number of benzene rings is 1. The van der Waals surface area contributed by atoms with Crippen LogP contribution in [0.15, 0.2) is 34.6 Å². The van der Waals surface area contributed by atoms with Gasteiger partial charge in [0.2, 0.25) is 0 Å². The van der Waals surface area contributed by atoms with Gasteiger partial charge < -0.3 is 15.1 Å². The van der Waals surface area contributed by atoms with E-state index in [1.54, 1.807) is 30.3 Å². The van der Waals surface area contributed by atoms with Gasteiger partial charge in [0, 0.05) is 38.6 Å². The lowest BCUT2D eigenvalue weighted by molar-refractivity contribution is 0.0827. The number of carbonyl (C=O) groups is 1. The molecule has 1 heterocycles. The molecule has 140 valence electrons. The van der Waals surface area contributed by atoms with Gasteiger partial charge in [0.15, 0.2) is 5.96 Å². The maximum Gasteiger partial charge on any atom is 0.253 e. The summed E-state index contributed by atoms with van der Waals surface area (Å²) in [5.41, 5.74) is 2.80. The van der Waals surface area contributed by atoms with Crippen molar-refractivity contribution < 1.29 is 4.79 Å². The van der Waals surface area contributed by atoms with E-state index < -0.39 is 0 Å². The van der Waals surface area contributed by atoms with Gasteiger partial charge in [-0.25, -0.2) is 9.98 Å². The molecule has 1 N–H and O–H groups in total. The van der Waals surface area contributed by atoms with Crippen molar-refractivity contribution in [1.29, 1.82) is 0 Å². The Bertz CT molecular complexity index is 752. The van der Waals surface area contributed by atoms with E-state index in [0.29, 0.717) is 18.7 Å². The Morgan fingerprint density at radius 1 is 1.23 bits per heavy atom. The van der Waals surface area contributed by atoms with E-state index in [0.717, 1.165) is 28.8 Å². The molecule has 2 rings (SSSR count). The molecule has 0 fully saturated rings. The summed E-state index contributed by atoms with van der Waals surface area (Å²) in [5, 5.41) is 6.47. The van der Waals surface area contributed by atoms with Crippen molar-refractivity contribution >= 4 is 23.2 Å². The minimum Gasteiger partial charge on any atom is -0.357 e. The number of rotatable bonds is 6. The predicted octanol–water partition coefficient (Wildman–Crippen LogP) is 2.75. The number of thiazole rings is 1. The molecular formula is C19H27N5OS. The average Bonchev–Trinajstić information content (AvgIpc) is 3.03. The molecule has 6 nitrogen and oxygen atoms in total. The van der Waals surface area contributed by atoms with Crippen LogP contribution in [0.1, 0.15) is 33.5 Å². The Morgan fingerprint density at radius 3 is 2.46 bits per heavy atom. The second kappa shape index (κ2) is 9.33. The van der Waals surface area contributed by atoms with Crippen molar-refractivity contribution in [3.05, 3.63) is 51.5 Å². The van der Waals surface area contributed by atoms with Gasteiger partial charge in [0.1, 0.15) is 0 Å². The topological polar surface area (TPSA) is 60.8 Å². The molecule has 1 aromatic carbocycles. The summed E-state index contributed by atoms with van der Waals surface area (Å²) >= 11 is 1.66. The first-order valence-corrected chi connectivity index (χ1v) is 9.49. The van der Waals surface area contributed by atoms with Crippen molar-refractivity contribution in [2.75, 3.05) is 27.7 Å². The molecule has 1 amide bonds. The molecule has 0 radical (unpaired) electrons.